The minimum Gasteiger partial charge on any atom is -0.383 e. The van der Waals surface area contributed by atoms with Crippen LogP contribution in [0.2, 0.25) is 0 Å². The fourth-order valence-electron chi connectivity index (χ4n) is 0.931. The number of methoxy groups -OCH3 is 1. The molecule has 0 aromatic heterocycles. The second kappa shape index (κ2) is 6.39. The lowest BCUT2D eigenvalue weighted by molar-refractivity contribution is 0.182. The lowest BCUT2D eigenvalue weighted by Crippen LogP contribution is -2.47. The van der Waals surface area contributed by atoms with E-state index in [1.807, 2.05) is 0 Å². The molecule has 0 aromatic rings. The summed E-state index contributed by atoms with van der Waals surface area (Å²) in [5, 5.41) is 0. The van der Waals surface area contributed by atoms with E-state index in [-0.39, 0.29) is 6.04 Å². The Bertz CT molecular complexity index is 268. The van der Waals surface area contributed by atoms with Crippen molar-refractivity contribution in [1.29, 1.82) is 0 Å². The van der Waals surface area contributed by atoms with Crippen LogP contribution in [-0.4, -0.2) is 64.0 Å². The number of hydrogen-bond donors (Lipinski definition) is 1. The van der Waals surface area contributed by atoms with Gasteiger partial charge in [-0.2, -0.15) is 17.0 Å². The van der Waals surface area contributed by atoms with Gasteiger partial charge in [-0.1, -0.05) is 0 Å². The predicted molar refractivity (Wildman–Crippen MR) is 59.7 cm³/mol. The van der Waals surface area contributed by atoms with Crippen LogP contribution in [0.25, 0.3) is 0 Å². The van der Waals surface area contributed by atoms with E-state index < -0.39 is 10.2 Å². The van der Waals surface area contributed by atoms with Crippen LogP contribution < -0.4 is 5.73 Å². The maximum Gasteiger partial charge on any atom is 0.281 e. The van der Waals surface area contributed by atoms with E-state index in [0.29, 0.717) is 19.7 Å². The maximum absolute atomic E-state index is 11.9. The molecule has 0 saturated heterocycles. The molecular formula is C8H21N3O3S. The van der Waals surface area contributed by atoms with Crippen molar-refractivity contribution in [2.24, 2.45) is 5.73 Å². The van der Waals surface area contributed by atoms with Crippen LogP contribution in [0.4, 0.5) is 0 Å². The van der Waals surface area contributed by atoms with Gasteiger partial charge in [-0.25, -0.2) is 0 Å². The predicted octanol–water partition coefficient (Wildman–Crippen LogP) is -0.912. The Hall–Kier alpha value is -0.210. The molecule has 0 aliphatic rings. The molecule has 0 saturated carbocycles. The van der Waals surface area contributed by atoms with Gasteiger partial charge in [0.2, 0.25) is 0 Å². The SMILES string of the molecule is COCCN(C)S(=O)(=O)N(C)C(C)CN. The molecule has 0 aromatic carbocycles. The molecule has 1 atom stereocenters. The smallest absolute Gasteiger partial charge is 0.281 e. The first-order valence-electron chi connectivity index (χ1n) is 4.76. The Morgan fingerprint density at radius 2 is 1.93 bits per heavy atom. The van der Waals surface area contributed by atoms with Crippen LogP contribution in [0.3, 0.4) is 0 Å². The molecule has 0 bridgehead atoms. The van der Waals surface area contributed by atoms with Gasteiger partial charge in [0.1, 0.15) is 0 Å². The lowest BCUT2D eigenvalue weighted by atomic mass is 10.4. The van der Waals surface area contributed by atoms with Gasteiger partial charge in [0.15, 0.2) is 0 Å². The van der Waals surface area contributed by atoms with Gasteiger partial charge in [-0.3, -0.25) is 0 Å². The fraction of sp³-hybridized carbons (Fsp3) is 1.00. The van der Waals surface area contributed by atoms with E-state index >= 15 is 0 Å². The monoisotopic (exact) mass is 239 g/mol. The topological polar surface area (TPSA) is 75.9 Å². The molecule has 7 heteroatoms. The summed E-state index contributed by atoms with van der Waals surface area (Å²) in [4.78, 5) is 0. The normalized spacial score (nSPS) is 14.9. The third-order valence-electron chi connectivity index (χ3n) is 2.33. The minimum atomic E-state index is -3.42. The van der Waals surface area contributed by atoms with E-state index in [1.165, 1.54) is 29.8 Å². The molecule has 0 fully saturated rings. The third-order valence-corrected chi connectivity index (χ3v) is 4.39. The van der Waals surface area contributed by atoms with Gasteiger partial charge >= 0.3 is 0 Å². The Kier molecular flexibility index (Phi) is 6.30. The van der Waals surface area contributed by atoms with Crippen molar-refractivity contribution in [2.75, 3.05) is 40.9 Å². The summed E-state index contributed by atoms with van der Waals surface area (Å²) in [7, 11) is 1.16. The number of ether oxygens (including phenoxy) is 1. The highest BCUT2D eigenvalue weighted by Crippen LogP contribution is 2.07. The van der Waals surface area contributed by atoms with Crippen LogP contribution in [0.1, 0.15) is 6.92 Å². The summed E-state index contributed by atoms with van der Waals surface area (Å²) in [6.07, 6.45) is 0. The van der Waals surface area contributed by atoms with Gasteiger partial charge < -0.3 is 10.5 Å². The molecule has 1 unspecified atom stereocenters. The standard InChI is InChI=1S/C8H21N3O3S/c1-8(7-9)11(3)15(12,13)10(2)5-6-14-4/h8H,5-7,9H2,1-4H3. The van der Waals surface area contributed by atoms with E-state index in [0.717, 1.165) is 0 Å². The van der Waals surface area contributed by atoms with Crippen molar-refractivity contribution in [3.63, 3.8) is 0 Å². The zero-order valence-corrected chi connectivity index (χ0v) is 10.6. The summed E-state index contributed by atoms with van der Waals surface area (Å²) >= 11 is 0. The largest absolute Gasteiger partial charge is 0.383 e. The third kappa shape index (κ3) is 4.04. The first-order chi connectivity index (χ1) is 6.87. The van der Waals surface area contributed by atoms with Gasteiger partial charge in [0, 0.05) is 40.3 Å². The minimum absolute atomic E-state index is 0.208. The molecule has 0 heterocycles. The summed E-state index contributed by atoms with van der Waals surface area (Å²) in [6, 6.07) is -0.208. The van der Waals surface area contributed by atoms with E-state index in [1.54, 1.807) is 6.92 Å². The number of nitrogens with two attached hydrogens (primary N) is 1. The van der Waals surface area contributed by atoms with Gasteiger partial charge in [0.25, 0.3) is 10.2 Å². The molecule has 15 heavy (non-hydrogen) atoms. The lowest BCUT2D eigenvalue weighted by Gasteiger charge is -2.28. The summed E-state index contributed by atoms with van der Waals surface area (Å²) in [5.41, 5.74) is 5.42. The molecule has 0 radical (unpaired) electrons. The molecule has 92 valence electrons. The van der Waals surface area contributed by atoms with Crippen LogP contribution in [0.15, 0.2) is 0 Å². The number of hydrogen-bond acceptors (Lipinski definition) is 4. The molecular weight excluding hydrogens is 218 g/mol. The first kappa shape index (κ1) is 14.8. The highest BCUT2D eigenvalue weighted by Gasteiger charge is 2.26. The zero-order valence-electron chi connectivity index (χ0n) is 9.80. The van der Waals surface area contributed by atoms with E-state index in [9.17, 15) is 8.42 Å². The molecule has 0 aliphatic heterocycles. The average molecular weight is 239 g/mol. The summed E-state index contributed by atoms with van der Waals surface area (Å²) in [5.74, 6) is 0. The van der Waals surface area contributed by atoms with Crippen LogP contribution in [-0.2, 0) is 14.9 Å². The second-order valence-corrected chi connectivity index (χ2v) is 5.52. The molecule has 6 nitrogen and oxygen atoms in total. The van der Waals surface area contributed by atoms with Gasteiger partial charge in [-0.05, 0) is 6.92 Å². The second-order valence-electron chi connectivity index (χ2n) is 3.42. The van der Waals surface area contributed by atoms with E-state index in [2.05, 4.69) is 0 Å². The molecule has 0 spiro atoms. The Morgan fingerprint density at radius 1 is 1.40 bits per heavy atom. The van der Waals surface area contributed by atoms with Crippen molar-refractivity contribution >= 4 is 10.2 Å². The van der Waals surface area contributed by atoms with Crippen LogP contribution >= 0.6 is 0 Å². The maximum atomic E-state index is 11.9. The Balaban J connectivity index is 4.52. The number of nitrogens with zero attached hydrogens (tertiary/aromatic N) is 2. The highest BCUT2D eigenvalue weighted by atomic mass is 32.2. The first-order valence-corrected chi connectivity index (χ1v) is 6.16. The van der Waals surface area contributed by atoms with Crippen molar-refractivity contribution in [3.8, 4) is 0 Å². The fourth-order valence-corrected chi connectivity index (χ4v) is 2.22. The van der Waals surface area contributed by atoms with Crippen molar-refractivity contribution in [3.05, 3.63) is 0 Å². The molecule has 0 rings (SSSR count). The van der Waals surface area contributed by atoms with Crippen molar-refractivity contribution < 1.29 is 13.2 Å². The Morgan fingerprint density at radius 3 is 2.33 bits per heavy atom. The van der Waals surface area contributed by atoms with Gasteiger partial charge in [-0.15, -0.1) is 0 Å². The Labute approximate surface area is 92.2 Å². The highest BCUT2D eigenvalue weighted by molar-refractivity contribution is 7.86. The zero-order chi connectivity index (χ0) is 12.1. The average Bonchev–Trinajstić information content (AvgIpc) is 2.23. The van der Waals surface area contributed by atoms with Crippen LogP contribution in [0, 0.1) is 0 Å². The molecule has 2 N–H and O–H groups in total. The molecule has 0 aliphatic carbocycles. The molecule has 0 amide bonds. The van der Waals surface area contributed by atoms with Crippen molar-refractivity contribution in [2.45, 2.75) is 13.0 Å². The van der Waals surface area contributed by atoms with Crippen molar-refractivity contribution in [1.82, 2.24) is 8.61 Å². The number of likely N-dealkylation sites (N-methyl/N-ethyl adjacent to an activating group) is 2. The van der Waals surface area contributed by atoms with Crippen LogP contribution in [0.5, 0.6) is 0 Å². The quantitative estimate of drug-likeness (QED) is 0.624. The van der Waals surface area contributed by atoms with Gasteiger partial charge in [0.05, 0.1) is 6.61 Å². The van der Waals surface area contributed by atoms with E-state index in [4.69, 9.17) is 10.5 Å². The summed E-state index contributed by atoms with van der Waals surface area (Å²) in [6.45, 7) is 2.77. The number of rotatable bonds is 7. The summed E-state index contributed by atoms with van der Waals surface area (Å²) < 4.78 is 31.1.